The molecule has 1 aliphatic heterocycles. The number of hydrogen-bond donors (Lipinski definition) is 3. The molecule has 0 radical (unpaired) electrons. The molecule has 0 aliphatic carbocycles. The third-order valence-corrected chi connectivity index (χ3v) is 5.77. The van der Waals surface area contributed by atoms with Crippen molar-refractivity contribution in [2.24, 2.45) is 0 Å². The quantitative estimate of drug-likeness (QED) is 0.506. The van der Waals surface area contributed by atoms with Crippen LogP contribution < -0.4 is 16.0 Å². The normalized spacial score (nSPS) is 14.3. The monoisotopic (exact) mass is 484 g/mol. The summed E-state index contributed by atoms with van der Waals surface area (Å²) in [4.78, 5) is 26.0. The van der Waals surface area contributed by atoms with Crippen LogP contribution in [0, 0.1) is 5.82 Å². The molecule has 2 aromatic rings. The summed E-state index contributed by atoms with van der Waals surface area (Å²) in [7, 11) is 0. The summed E-state index contributed by atoms with van der Waals surface area (Å²) in [6.07, 6.45) is 2.68. The van der Waals surface area contributed by atoms with Gasteiger partial charge in [0, 0.05) is 37.9 Å². The molecule has 0 bridgehead atoms. The van der Waals surface area contributed by atoms with Crippen LogP contribution in [-0.4, -0.2) is 54.8 Å². The number of anilines is 1. The zero-order valence-corrected chi connectivity index (χ0v) is 20.9. The van der Waals surface area contributed by atoms with Gasteiger partial charge in [-0.05, 0) is 81.8 Å². The van der Waals surface area contributed by atoms with Crippen LogP contribution in [0.15, 0.2) is 48.5 Å². The molecular formula is C27H37FN4O3. The molecule has 0 spiro atoms. The van der Waals surface area contributed by atoms with Crippen molar-refractivity contribution in [2.45, 2.75) is 58.1 Å². The van der Waals surface area contributed by atoms with Gasteiger partial charge < -0.3 is 25.6 Å². The van der Waals surface area contributed by atoms with E-state index in [2.05, 4.69) is 28.1 Å². The Kier molecular flexibility index (Phi) is 9.34. The van der Waals surface area contributed by atoms with Crippen molar-refractivity contribution < 1.29 is 18.7 Å². The second-order valence-corrected chi connectivity index (χ2v) is 9.89. The summed E-state index contributed by atoms with van der Waals surface area (Å²) in [6, 6.07) is 14.9. The molecule has 1 saturated heterocycles. The second-order valence-electron chi connectivity index (χ2n) is 9.89. The number of nitrogens with zero attached hydrogens (tertiary/aromatic N) is 1. The molecule has 0 aromatic heterocycles. The van der Waals surface area contributed by atoms with E-state index in [1.807, 2.05) is 43.9 Å². The first-order chi connectivity index (χ1) is 16.7. The van der Waals surface area contributed by atoms with Gasteiger partial charge in [-0.3, -0.25) is 0 Å². The molecule has 3 rings (SSSR count). The van der Waals surface area contributed by atoms with Gasteiger partial charge in [0.2, 0.25) is 0 Å². The van der Waals surface area contributed by atoms with Crippen LogP contribution in [0.1, 0.15) is 44.7 Å². The van der Waals surface area contributed by atoms with E-state index < -0.39 is 11.7 Å². The smallest absolute Gasteiger partial charge is 0.407 e. The number of amides is 3. The van der Waals surface area contributed by atoms with Gasteiger partial charge in [-0.1, -0.05) is 24.3 Å². The number of carbonyl (C=O) groups is 2. The van der Waals surface area contributed by atoms with Gasteiger partial charge in [-0.2, -0.15) is 0 Å². The Bertz CT molecular complexity index is 967. The maximum absolute atomic E-state index is 13.3. The van der Waals surface area contributed by atoms with Crippen LogP contribution in [0.2, 0.25) is 0 Å². The molecule has 190 valence electrons. The van der Waals surface area contributed by atoms with Gasteiger partial charge in [0.05, 0.1) is 0 Å². The molecule has 2 aromatic carbocycles. The number of alkyl carbamates (subject to hydrolysis) is 1. The van der Waals surface area contributed by atoms with E-state index in [1.54, 1.807) is 6.07 Å². The van der Waals surface area contributed by atoms with Crippen LogP contribution in [0.25, 0.3) is 0 Å². The fourth-order valence-electron chi connectivity index (χ4n) is 3.97. The van der Waals surface area contributed by atoms with Gasteiger partial charge in [-0.25, -0.2) is 14.0 Å². The molecule has 0 atom stereocenters. The SMILES string of the molecule is CC(C)(C)OC(=O)NCCc1ccc(NC2CCN(C(=O)NCCc3cccc(F)c3)CC2)cc1. The highest BCUT2D eigenvalue weighted by molar-refractivity contribution is 5.74. The fourth-order valence-corrected chi connectivity index (χ4v) is 3.97. The van der Waals surface area contributed by atoms with Crippen molar-refractivity contribution in [3.63, 3.8) is 0 Å². The number of urea groups is 1. The van der Waals surface area contributed by atoms with Gasteiger partial charge in [0.25, 0.3) is 0 Å². The Labute approximate surface area is 207 Å². The summed E-state index contributed by atoms with van der Waals surface area (Å²) in [6.45, 7) is 7.91. The van der Waals surface area contributed by atoms with E-state index in [1.165, 1.54) is 12.1 Å². The summed E-state index contributed by atoms with van der Waals surface area (Å²) in [5.41, 5.74) is 2.56. The first kappa shape index (κ1) is 26.3. The van der Waals surface area contributed by atoms with E-state index >= 15 is 0 Å². The maximum atomic E-state index is 13.3. The molecule has 0 unspecified atom stereocenters. The molecular weight excluding hydrogens is 447 g/mol. The summed E-state index contributed by atoms with van der Waals surface area (Å²) in [5.74, 6) is -0.256. The van der Waals surface area contributed by atoms with Crippen molar-refractivity contribution in [1.82, 2.24) is 15.5 Å². The minimum absolute atomic E-state index is 0.0656. The van der Waals surface area contributed by atoms with Crippen LogP contribution in [0.3, 0.4) is 0 Å². The third kappa shape index (κ3) is 9.47. The molecule has 3 N–H and O–H groups in total. The van der Waals surface area contributed by atoms with Crippen LogP contribution in [0.4, 0.5) is 19.7 Å². The molecule has 3 amide bonds. The maximum Gasteiger partial charge on any atom is 0.407 e. The summed E-state index contributed by atoms with van der Waals surface area (Å²) >= 11 is 0. The Hall–Kier alpha value is -3.29. The Morgan fingerprint density at radius 2 is 1.63 bits per heavy atom. The first-order valence-electron chi connectivity index (χ1n) is 12.3. The molecule has 1 fully saturated rings. The van der Waals surface area contributed by atoms with E-state index in [0.29, 0.717) is 38.6 Å². The predicted octanol–water partition coefficient (Wildman–Crippen LogP) is 4.72. The molecule has 35 heavy (non-hydrogen) atoms. The highest BCUT2D eigenvalue weighted by Crippen LogP contribution is 2.18. The number of nitrogens with one attached hydrogen (secondary N) is 3. The number of rotatable bonds is 8. The van der Waals surface area contributed by atoms with Crippen molar-refractivity contribution in [2.75, 3.05) is 31.5 Å². The van der Waals surface area contributed by atoms with Crippen molar-refractivity contribution >= 4 is 17.8 Å². The van der Waals surface area contributed by atoms with Gasteiger partial charge in [0.15, 0.2) is 0 Å². The number of likely N-dealkylation sites (tertiary alicyclic amines) is 1. The highest BCUT2D eigenvalue weighted by Gasteiger charge is 2.22. The number of ether oxygens (including phenoxy) is 1. The highest BCUT2D eigenvalue weighted by atomic mass is 19.1. The van der Waals surface area contributed by atoms with Crippen molar-refractivity contribution in [1.29, 1.82) is 0 Å². The standard InChI is InChI=1S/C27H37FN4O3/c1-27(2,3)35-26(34)30-16-11-20-7-9-23(10-8-20)31-24-13-17-32(18-14-24)25(33)29-15-12-21-5-4-6-22(28)19-21/h4-10,19,24,31H,11-18H2,1-3H3,(H,29,33)(H,30,34). The van der Waals surface area contributed by atoms with Crippen LogP contribution in [-0.2, 0) is 17.6 Å². The van der Waals surface area contributed by atoms with E-state index in [9.17, 15) is 14.0 Å². The Balaban J connectivity index is 1.32. The summed E-state index contributed by atoms with van der Waals surface area (Å²) in [5, 5.41) is 9.26. The Morgan fingerprint density at radius 1 is 0.971 bits per heavy atom. The number of piperidine rings is 1. The zero-order chi connectivity index (χ0) is 25.3. The number of halogens is 1. The topological polar surface area (TPSA) is 82.7 Å². The lowest BCUT2D eigenvalue weighted by Crippen LogP contribution is -2.47. The van der Waals surface area contributed by atoms with Crippen molar-refractivity contribution in [3.05, 3.63) is 65.5 Å². The number of carbonyl (C=O) groups excluding carboxylic acids is 2. The van der Waals surface area contributed by atoms with Gasteiger partial charge >= 0.3 is 12.1 Å². The average molecular weight is 485 g/mol. The molecule has 7 nitrogen and oxygen atoms in total. The summed E-state index contributed by atoms with van der Waals surface area (Å²) < 4.78 is 18.5. The third-order valence-electron chi connectivity index (χ3n) is 5.77. The molecule has 8 heteroatoms. The number of benzene rings is 2. The largest absolute Gasteiger partial charge is 0.444 e. The van der Waals surface area contributed by atoms with Crippen LogP contribution >= 0.6 is 0 Å². The lowest BCUT2D eigenvalue weighted by molar-refractivity contribution is 0.0528. The van der Waals surface area contributed by atoms with E-state index in [4.69, 9.17) is 4.74 Å². The fraction of sp³-hybridized carbons (Fsp3) is 0.481. The average Bonchev–Trinajstić information content (AvgIpc) is 2.79. The lowest BCUT2D eigenvalue weighted by atomic mass is 10.0. The molecule has 1 heterocycles. The minimum Gasteiger partial charge on any atom is -0.444 e. The number of hydrogen-bond acceptors (Lipinski definition) is 4. The molecule has 0 saturated carbocycles. The Morgan fingerprint density at radius 3 is 2.29 bits per heavy atom. The van der Waals surface area contributed by atoms with E-state index in [0.717, 1.165) is 36.1 Å². The lowest BCUT2D eigenvalue weighted by Gasteiger charge is -2.33. The second kappa shape index (κ2) is 12.4. The van der Waals surface area contributed by atoms with Crippen molar-refractivity contribution in [3.8, 4) is 0 Å². The molecule has 1 aliphatic rings. The van der Waals surface area contributed by atoms with Crippen LogP contribution in [0.5, 0.6) is 0 Å². The predicted molar refractivity (Wildman–Crippen MR) is 136 cm³/mol. The van der Waals surface area contributed by atoms with Gasteiger partial charge in [0.1, 0.15) is 11.4 Å². The zero-order valence-electron chi connectivity index (χ0n) is 20.9. The van der Waals surface area contributed by atoms with E-state index in [-0.39, 0.29) is 11.8 Å². The van der Waals surface area contributed by atoms with Gasteiger partial charge in [-0.15, -0.1) is 0 Å². The minimum atomic E-state index is -0.498. The first-order valence-corrected chi connectivity index (χ1v) is 12.3.